The highest BCUT2D eigenvalue weighted by Gasteiger charge is 2.23. The Morgan fingerprint density at radius 2 is 1.50 bits per heavy atom. The third-order valence-corrected chi connectivity index (χ3v) is 4.69. The first-order chi connectivity index (χ1) is 9.32. The highest BCUT2D eigenvalue weighted by atomic mass is 32.2. The molecule has 0 saturated carbocycles. The average Bonchev–Trinajstić information content (AvgIpc) is 2.38. The minimum absolute atomic E-state index is 0.0519. The molecule has 4 N–H and O–H groups in total. The van der Waals surface area contributed by atoms with Crippen molar-refractivity contribution in [1.82, 2.24) is 0 Å². The standard InChI is InChI=1S/C14H14N2O3S/c1-9(17)13-8-11(16)4-7-14(13)20(18,19)12-5-2-10(15)3-6-12/h2-8H,15-16H2,1H3. The smallest absolute Gasteiger partial charge is 0.207 e. The summed E-state index contributed by atoms with van der Waals surface area (Å²) in [6.45, 7) is 1.30. The van der Waals surface area contributed by atoms with Crippen molar-refractivity contribution in [1.29, 1.82) is 0 Å². The lowest BCUT2D eigenvalue weighted by molar-refractivity contribution is 0.101. The molecule has 2 aromatic rings. The number of carbonyl (C=O) groups is 1. The van der Waals surface area contributed by atoms with E-state index in [1.165, 1.54) is 49.4 Å². The second kappa shape index (κ2) is 4.97. The average molecular weight is 290 g/mol. The van der Waals surface area contributed by atoms with Gasteiger partial charge in [0.15, 0.2) is 5.78 Å². The van der Waals surface area contributed by atoms with Crippen LogP contribution in [0.2, 0.25) is 0 Å². The largest absolute Gasteiger partial charge is 0.399 e. The van der Waals surface area contributed by atoms with Crippen LogP contribution in [0.3, 0.4) is 0 Å². The molecule has 0 saturated heterocycles. The Morgan fingerprint density at radius 3 is 2.05 bits per heavy atom. The van der Waals surface area contributed by atoms with Gasteiger partial charge in [-0.2, -0.15) is 0 Å². The number of rotatable bonds is 3. The monoisotopic (exact) mass is 290 g/mol. The van der Waals surface area contributed by atoms with Crippen molar-refractivity contribution in [2.45, 2.75) is 16.7 Å². The van der Waals surface area contributed by atoms with Gasteiger partial charge in [0.2, 0.25) is 9.84 Å². The van der Waals surface area contributed by atoms with Crippen LogP contribution in [0.4, 0.5) is 11.4 Å². The molecule has 0 amide bonds. The van der Waals surface area contributed by atoms with Gasteiger partial charge in [-0.3, -0.25) is 4.79 Å². The summed E-state index contributed by atoms with van der Waals surface area (Å²) < 4.78 is 25.1. The van der Waals surface area contributed by atoms with Gasteiger partial charge in [-0.1, -0.05) is 0 Å². The summed E-state index contributed by atoms with van der Waals surface area (Å²) in [5.74, 6) is -0.355. The molecule has 6 heteroatoms. The van der Waals surface area contributed by atoms with E-state index in [4.69, 9.17) is 11.5 Å². The molecule has 0 heterocycles. The summed E-state index contributed by atoms with van der Waals surface area (Å²) in [6, 6.07) is 9.98. The van der Waals surface area contributed by atoms with Crippen molar-refractivity contribution in [3.63, 3.8) is 0 Å². The summed E-state index contributed by atoms with van der Waals surface area (Å²) in [5, 5.41) is 0. The molecule has 0 spiro atoms. The van der Waals surface area contributed by atoms with Gasteiger partial charge in [-0.05, 0) is 49.4 Å². The Labute approximate surface area is 117 Å². The number of anilines is 2. The Hall–Kier alpha value is -2.34. The molecular weight excluding hydrogens is 276 g/mol. The van der Waals surface area contributed by atoms with Crippen molar-refractivity contribution >= 4 is 27.0 Å². The highest BCUT2D eigenvalue weighted by Crippen LogP contribution is 2.26. The van der Waals surface area contributed by atoms with Crippen LogP contribution in [0, 0.1) is 0 Å². The van der Waals surface area contributed by atoms with E-state index in [9.17, 15) is 13.2 Å². The van der Waals surface area contributed by atoms with Gasteiger partial charge in [0.25, 0.3) is 0 Å². The van der Waals surface area contributed by atoms with Gasteiger partial charge in [0.1, 0.15) is 0 Å². The van der Waals surface area contributed by atoms with Crippen LogP contribution in [-0.2, 0) is 9.84 Å². The first-order valence-corrected chi connectivity index (χ1v) is 7.32. The summed E-state index contributed by atoms with van der Waals surface area (Å²) in [7, 11) is -3.78. The Balaban J connectivity index is 2.66. The van der Waals surface area contributed by atoms with Gasteiger partial charge >= 0.3 is 0 Å². The van der Waals surface area contributed by atoms with Crippen LogP contribution < -0.4 is 11.5 Å². The van der Waals surface area contributed by atoms with Crippen LogP contribution in [0.15, 0.2) is 52.3 Å². The fraction of sp³-hybridized carbons (Fsp3) is 0.0714. The number of hydrogen-bond donors (Lipinski definition) is 2. The summed E-state index contributed by atoms with van der Waals surface area (Å²) >= 11 is 0. The van der Waals surface area contributed by atoms with Gasteiger partial charge < -0.3 is 11.5 Å². The second-order valence-corrected chi connectivity index (χ2v) is 6.30. The first-order valence-electron chi connectivity index (χ1n) is 5.83. The van der Waals surface area contributed by atoms with Gasteiger partial charge in [-0.25, -0.2) is 8.42 Å². The van der Waals surface area contributed by atoms with Crippen LogP contribution in [-0.4, -0.2) is 14.2 Å². The third-order valence-electron chi connectivity index (χ3n) is 2.86. The van der Waals surface area contributed by atoms with E-state index in [0.29, 0.717) is 11.4 Å². The van der Waals surface area contributed by atoms with Crippen LogP contribution >= 0.6 is 0 Å². The fourth-order valence-electron chi connectivity index (χ4n) is 1.83. The van der Waals surface area contributed by atoms with Crippen LogP contribution in [0.25, 0.3) is 0 Å². The Bertz CT molecular complexity index is 766. The SMILES string of the molecule is CC(=O)c1cc(N)ccc1S(=O)(=O)c1ccc(N)cc1. The molecule has 104 valence electrons. The van der Waals surface area contributed by atoms with Gasteiger partial charge in [0, 0.05) is 16.9 Å². The molecular formula is C14H14N2O3S. The minimum atomic E-state index is -3.78. The van der Waals surface area contributed by atoms with Crippen molar-refractivity contribution < 1.29 is 13.2 Å². The van der Waals surface area contributed by atoms with E-state index in [2.05, 4.69) is 0 Å². The number of carbonyl (C=O) groups excluding carboxylic acids is 1. The highest BCUT2D eigenvalue weighted by molar-refractivity contribution is 7.91. The summed E-state index contributed by atoms with van der Waals surface area (Å²) in [5.41, 5.74) is 12.0. The molecule has 20 heavy (non-hydrogen) atoms. The zero-order valence-corrected chi connectivity index (χ0v) is 11.6. The Kier molecular flexibility index (Phi) is 3.50. The second-order valence-electron chi connectivity index (χ2n) is 4.38. The molecule has 5 nitrogen and oxygen atoms in total. The zero-order chi connectivity index (χ0) is 14.9. The van der Waals surface area contributed by atoms with Gasteiger partial charge in [0.05, 0.1) is 9.79 Å². The molecule has 0 aliphatic carbocycles. The third kappa shape index (κ3) is 2.50. The molecule has 0 fully saturated rings. The van der Waals surface area contributed by atoms with E-state index >= 15 is 0 Å². The first kappa shape index (κ1) is 14.1. The predicted octanol–water partition coefficient (Wildman–Crippen LogP) is 1.89. The molecule has 0 unspecified atom stereocenters. The minimum Gasteiger partial charge on any atom is -0.399 e. The topological polar surface area (TPSA) is 103 Å². The number of nitrogen functional groups attached to an aromatic ring is 2. The lowest BCUT2D eigenvalue weighted by atomic mass is 10.1. The molecule has 0 bridgehead atoms. The van der Waals surface area contributed by atoms with E-state index in [-0.39, 0.29) is 21.1 Å². The number of benzene rings is 2. The number of ketones is 1. The molecule has 2 rings (SSSR count). The quantitative estimate of drug-likeness (QED) is 0.663. The van der Waals surface area contributed by atoms with Crippen molar-refractivity contribution in [2.24, 2.45) is 0 Å². The zero-order valence-electron chi connectivity index (χ0n) is 10.8. The number of hydrogen-bond acceptors (Lipinski definition) is 5. The van der Waals surface area contributed by atoms with Crippen molar-refractivity contribution in [3.8, 4) is 0 Å². The maximum atomic E-state index is 12.5. The van der Waals surface area contributed by atoms with Crippen molar-refractivity contribution in [3.05, 3.63) is 48.0 Å². The molecule has 0 aromatic heterocycles. The maximum absolute atomic E-state index is 12.5. The summed E-state index contributed by atoms with van der Waals surface area (Å²) in [4.78, 5) is 11.6. The van der Waals surface area contributed by atoms with Crippen LogP contribution in [0.5, 0.6) is 0 Å². The predicted molar refractivity (Wildman–Crippen MR) is 77.2 cm³/mol. The van der Waals surface area contributed by atoms with E-state index < -0.39 is 9.84 Å². The molecule has 0 aliphatic heterocycles. The number of sulfone groups is 1. The summed E-state index contributed by atoms with van der Waals surface area (Å²) in [6.07, 6.45) is 0. The van der Waals surface area contributed by atoms with Crippen LogP contribution in [0.1, 0.15) is 17.3 Å². The lowest BCUT2D eigenvalue weighted by Gasteiger charge is -2.09. The van der Waals surface area contributed by atoms with E-state index in [1.807, 2.05) is 0 Å². The fourth-order valence-corrected chi connectivity index (χ4v) is 3.32. The van der Waals surface area contributed by atoms with E-state index in [0.717, 1.165) is 0 Å². The lowest BCUT2D eigenvalue weighted by Crippen LogP contribution is -2.09. The Morgan fingerprint density at radius 1 is 0.950 bits per heavy atom. The molecule has 0 radical (unpaired) electrons. The molecule has 0 aliphatic rings. The van der Waals surface area contributed by atoms with E-state index in [1.54, 1.807) is 0 Å². The molecule has 2 aromatic carbocycles. The number of nitrogens with two attached hydrogens (primary N) is 2. The van der Waals surface area contributed by atoms with Crippen molar-refractivity contribution in [2.75, 3.05) is 11.5 Å². The molecule has 0 atom stereocenters. The van der Waals surface area contributed by atoms with Gasteiger partial charge in [-0.15, -0.1) is 0 Å². The normalized spacial score (nSPS) is 11.2. The maximum Gasteiger partial charge on any atom is 0.207 e. The number of Topliss-reactive ketones (excluding diaryl/α,β-unsaturated/α-hetero) is 1.